The Morgan fingerprint density at radius 3 is 2.79 bits per heavy atom. The largest absolute Gasteiger partial charge is 0.406 e. The van der Waals surface area contributed by atoms with Gasteiger partial charge in [0.2, 0.25) is 5.91 Å². The van der Waals surface area contributed by atoms with Gasteiger partial charge >= 0.3 is 6.18 Å². The van der Waals surface area contributed by atoms with Crippen LogP contribution in [0.5, 0.6) is 0 Å². The second kappa shape index (κ2) is 7.10. The number of likely N-dealkylation sites (tertiary alicyclic amines) is 1. The number of nitrogens with zero attached hydrogens (tertiary/aromatic N) is 4. The van der Waals surface area contributed by atoms with Gasteiger partial charge in [-0.05, 0) is 19.4 Å². The second-order valence-electron chi connectivity index (χ2n) is 6.59. The van der Waals surface area contributed by atoms with Gasteiger partial charge in [0.05, 0.1) is 18.6 Å². The Bertz CT molecular complexity index is 573. The van der Waals surface area contributed by atoms with Crippen molar-refractivity contribution in [2.24, 2.45) is 0 Å². The quantitative estimate of drug-likeness (QED) is 0.870. The molecule has 136 valence electrons. The second-order valence-corrected chi connectivity index (χ2v) is 6.59. The van der Waals surface area contributed by atoms with Crippen LogP contribution in [0.15, 0.2) is 12.4 Å². The molecule has 1 aliphatic rings. The topological polar surface area (TPSA) is 61.6 Å². The molecule has 1 aromatic rings. The minimum absolute atomic E-state index is 0.00743. The number of aromatic nitrogens is 2. The van der Waals surface area contributed by atoms with Gasteiger partial charge in [-0.1, -0.05) is 0 Å². The Labute approximate surface area is 138 Å². The Kier molecular flexibility index (Phi) is 5.54. The van der Waals surface area contributed by atoms with Crippen LogP contribution in [-0.4, -0.2) is 69.3 Å². The van der Waals surface area contributed by atoms with E-state index in [1.807, 2.05) is 4.90 Å². The summed E-state index contributed by atoms with van der Waals surface area (Å²) in [7, 11) is 3.25. The van der Waals surface area contributed by atoms with Crippen molar-refractivity contribution in [3.8, 4) is 0 Å². The molecule has 0 radical (unpaired) electrons. The van der Waals surface area contributed by atoms with E-state index in [-0.39, 0.29) is 25.4 Å². The molecule has 9 heteroatoms. The predicted molar refractivity (Wildman–Crippen MR) is 81.1 cm³/mol. The molecule has 6 nitrogen and oxygen atoms in total. The first kappa shape index (κ1) is 18.7. The summed E-state index contributed by atoms with van der Waals surface area (Å²) in [5, 5.41) is 10.6. The predicted octanol–water partition coefficient (Wildman–Crippen LogP) is 1.25. The van der Waals surface area contributed by atoms with Crippen molar-refractivity contribution in [1.82, 2.24) is 19.4 Å². The summed E-state index contributed by atoms with van der Waals surface area (Å²) in [6, 6.07) is 0. The maximum Gasteiger partial charge on any atom is 0.406 e. The van der Waals surface area contributed by atoms with Crippen molar-refractivity contribution in [3.05, 3.63) is 18.2 Å². The van der Waals surface area contributed by atoms with E-state index in [1.165, 1.54) is 17.3 Å². The number of hydrogen-bond donors (Lipinski definition) is 1. The first-order valence-corrected chi connectivity index (χ1v) is 7.80. The Balaban J connectivity index is 2.01. The molecule has 0 spiro atoms. The molecule has 0 aliphatic carbocycles. The van der Waals surface area contributed by atoms with Crippen LogP contribution < -0.4 is 0 Å². The third-order valence-electron chi connectivity index (χ3n) is 4.13. The van der Waals surface area contributed by atoms with Crippen LogP contribution >= 0.6 is 0 Å². The Morgan fingerprint density at radius 1 is 1.46 bits per heavy atom. The van der Waals surface area contributed by atoms with E-state index < -0.39 is 18.3 Å². The zero-order chi connectivity index (χ0) is 18.0. The molecule has 1 amide bonds. The van der Waals surface area contributed by atoms with Gasteiger partial charge in [0.15, 0.2) is 0 Å². The monoisotopic (exact) mass is 348 g/mol. The molecule has 1 aromatic heterocycles. The van der Waals surface area contributed by atoms with E-state index in [2.05, 4.69) is 4.98 Å². The molecule has 0 bridgehead atoms. The lowest BCUT2D eigenvalue weighted by atomic mass is 9.89. The van der Waals surface area contributed by atoms with Crippen LogP contribution in [0.2, 0.25) is 0 Å². The number of alkyl halides is 3. The number of halogens is 3. The number of β-amino-alcohol motifs (C(OH)–C–C–N with tert-alkyl or cyclic N) is 1. The van der Waals surface area contributed by atoms with Gasteiger partial charge in [0.25, 0.3) is 0 Å². The molecular weight excluding hydrogens is 325 g/mol. The van der Waals surface area contributed by atoms with Crippen LogP contribution in [0, 0.1) is 0 Å². The fourth-order valence-corrected chi connectivity index (χ4v) is 2.95. The molecule has 1 saturated heterocycles. The normalized spacial score (nSPS) is 22.6. The third kappa shape index (κ3) is 5.20. The number of amides is 1. The number of aliphatic hydroxyl groups is 1. The standard InChI is InChI=1S/C15H23F3N4O2/c1-20(2)13(23)8-14(24)4-3-6-21(10-14)9-12-19-5-7-22(12)11-15(16,17)18/h5,7,24H,3-4,6,8-11H2,1-2H3. The highest BCUT2D eigenvalue weighted by Crippen LogP contribution is 2.26. The van der Waals surface area contributed by atoms with Crippen LogP contribution in [0.25, 0.3) is 0 Å². The van der Waals surface area contributed by atoms with E-state index in [0.29, 0.717) is 25.2 Å². The average molecular weight is 348 g/mol. The Hall–Kier alpha value is -1.61. The van der Waals surface area contributed by atoms with Crippen molar-refractivity contribution in [1.29, 1.82) is 0 Å². The van der Waals surface area contributed by atoms with Gasteiger partial charge in [0.1, 0.15) is 12.4 Å². The van der Waals surface area contributed by atoms with Crippen molar-refractivity contribution in [2.75, 3.05) is 27.2 Å². The van der Waals surface area contributed by atoms with Crippen molar-refractivity contribution in [2.45, 2.75) is 44.1 Å². The molecule has 2 heterocycles. The van der Waals surface area contributed by atoms with Crippen molar-refractivity contribution < 1.29 is 23.1 Å². The van der Waals surface area contributed by atoms with Crippen molar-refractivity contribution >= 4 is 5.91 Å². The molecule has 0 aromatic carbocycles. The molecule has 1 unspecified atom stereocenters. The lowest BCUT2D eigenvalue weighted by molar-refractivity contribution is -0.142. The number of rotatable bonds is 5. The molecule has 1 N–H and O–H groups in total. The Morgan fingerprint density at radius 2 is 2.17 bits per heavy atom. The van der Waals surface area contributed by atoms with Crippen LogP contribution in [0.1, 0.15) is 25.1 Å². The fraction of sp³-hybridized carbons (Fsp3) is 0.733. The molecule has 1 fully saturated rings. The highest BCUT2D eigenvalue weighted by atomic mass is 19.4. The smallest absolute Gasteiger partial charge is 0.388 e. The SMILES string of the molecule is CN(C)C(=O)CC1(O)CCCN(Cc2nccn2CC(F)(F)F)C1. The average Bonchev–Trinajstić information content (AvgIpc) is 2.83. The lowest BCUT2D eigenvalue weighted by Gasteiger charge is -2.39. The molecule has 1 aliphatic heterocycles. The summed E-state index contributed by atoms with van der Waals surface area (Å²) in [4.78, 5) is 19.1. The molecular formula is C15H23F3N4O2. The van der Waals surface area contributed by atoms with E-state index in [0.717, 1.165) is 4.57 Å². The van der Waals surface area contributed by atoms with E-state index >= 15 is 0 Å². The maximum absolute atomic E-state index is 12.6. The molecule has 0 saturated carbocycles. The summed E-state index contributed by atoms with van der Waals surface area (Å²) in [6.45, 7) is 0.0178. The summed E-state index contributed by atoms with van der Waals surface area (Å²) in [5.41, 5.74) is -1.15. The molecule has 1 atom stereocenters. The van der Waals surface area contributed by atoms with Gasteiger partial charge in [-0.2, -0.15) is 13.2 Å². The zero-order valence-electron chi connectivity index (χ0n) is 13.9. The zero-order valence-corrected chi connectivity index (χ0v) is 13.9. The molecule has 2 rings (SSSR count). The summed E-state index contributed by atoms with van der Waals surface area (Å²) >= 11 is 0. The number of hydrogen-bond acceptors (Lipinski definition) is 4. The summed E-state index contributed by atoms with van der Waals surface area (Å²) < 4.78 is 38.8. The van der Waals surface area contributed by atoms with Gasteiger partial charge in [-0.25, -0.2) is 4.98 Å². The number of carbonyl (C=O) groups excluding carboxylic acids is 1. The highest BCUT2D eigenvalue weighted by molar-refractivity contribution is 5.76. The maximum atomic E-state index is 12.6. The van der Waals surface area contributed by atoms with Gasteiger partial charge in [0, 0.05) is 33.0 Å². The molecule has 24 heavy (non-hydrogen) atoms. The van der Waals surface area contributed by atoms with E-state index in [1.54, 1.807) is 14.1 Å². The lowest BCUT2D eigenvalue weighted by Crippen LogP contribution is -2.50. The van der Waals surface area contributed by atoms with E-state index in [9.17, 15) is 23.1 Å². The van der Waals surface area contributed by atoms with Crippen LogP contribution in [0.4, 0.5) is 13.2 Å². The van der Waals surface area contributed by atoms with Gasteiger partial charge in [-0.3, -0.25) is 9.69 Å². The van der Waals surface area contributed by atoms with E-state index in [4.69, 9.17) is 0 Å². The fourth-order valence-electron chi connectivity index (χ4n) is 2.95. The summed E-state index contributed by atoms with van der Waals surface area (Å²) in [5.74, 6) is 0.133. The van der Waals surface area contributed by atoms with Gasteiger partial charge < -0.3 is 14.6 Å². The van der Waals surface area contributed by atoms with Crippen LogP contribution in [-0.2, 0) is 17.9 Å². The number of carbonyl (C=O) groups is 1. The first-order valence-electron chi connectivity index (χ1n) is 7.80. The summed E-state index contributed by atoms with van der Waals surface area (Å²) in [6.07, 6.45) is -0.484. The third-order valence-corrected chi connectivity index (χ3v) is 4.13. The van der Waals surface area contributed by atoms with Crippen LogP contribution in [0.3, 0.4) is 0 Å². The van der Waals surface area contributed by atoms with Crippen molar-refractivity contribution in [3.63, 3.8) is 0 Å². The minimum atomic E-state index is -4.31. The van der Waals surface area contributed by atoms with Gasteiger partial charge in [-0.15, -0.1) is 0 Å². The highest BCUT2D eigenvalue weighted by Gasteiger charge is 2.36. The minimum Gasteiger partial charge on any atom is -0.388 e. The number of imidazole rings is 1. The number of piperidine rings is 1. The first-order chi connectivity index (χ1) is 11.1.